The SMILES string of the molecule is Cn1c(=O)[nH]c2ncc(-c3cccc(C(=O)NCCCc4[nH]nc(N)c4-c4nc5ccccc5s4)c3)cc21. The van der Waals surface area contributed by atoms with Gasteiger partial charge in [-0.1, -0.05) is 24.3 Å². The Morgan fingerprint density at radius 1 is 1.13 bits per heavy atom. The fourth-order valence-electron chi connectivity index (χ4n) is 4.46. The van der Waals surface area contributed by atoms with E-state index in [1.165, 1.54) is 4.57 Å². The summed E-state index contributed by atoms with van der Waals surface area (Å²) in [5, 5.41) is 11.1. The second-order valence-electron chi connectivity index (χ2n) is 8.97. The number of nitrogens with zero attached hydrogens (tertiary/aromatic N) is 4. The number of thiazole rings is 1. The second-order valence-corrected chi connectivity index (χ2v) is 10.0. The molecule has 10 nitrogen and oxygen atoms in total. The Morgan fingerprint density at radius 2 is 2.00 bits per heavy atom. The number of pyridine rings is 1. The minimum Gasteiger partial charge on any atom is -0.382 e. The van der Waals surface area contributed by atoms with Crippen molar-refractivity contribution in [1.82, 2.24) is 35.0 Å². The Morgan fingerprint density at radius 3 is 2.87 bits per heavy atom. The van der Waals surface area contributed by atoms with Crippen molar-refractivity contribution < 1.29 is 4.79 Å². The molecule has 0 radical (unpaired) electrons. The maximum absolute atomic E-state index is 12.9. The molecule has 11 heteroatoms. The molecule has 5 N–H and O–H groups in total. The van der Waals surface area contributed by atoms with Gasteiger partial charge in [-0.2, -0.15) is 5.10 Å². The Hall–Kier alpha value is -4.77. The first-order valence-electron chi connectivity index (χ1n) is 12.1. The van der Waals surface area contributed by atoms with E-state index in [0.29, 0.717) is 41.9 Å². The standard InChI is InChI=1S/C27H24N8O2S/c1-35-20-13-17(14-30-24(20)32-27(35)37)15-6-4-7-16(12-15)25(36)29-11-5-9-19-22(23(28)34-33-19)26-31-18-8-2-3-10-21(18)38-26/h2-4,6-8,10,12-14H,5,9,11H2,1H3,(H,29,36)(H3,28,33,34)(H,30,32,37). The number of hydrogen-bond donors (Lipinski definition) is 4. The lowest BCUT2D eigenvalue weighted by molar-refractivity contribution is 0.0953. The molecule has 0 aliphatic rings. The third-order valence-electron chi connectivity index (χ3n) is 6.48. The number of aryl methyl sites for hydroxylation is 2. The third kappa shape index (κ3) is 4.33. The van der Waals surface area contributed by atoms with E-state index in [0.717, 1.165) is 37.6 Å². The number of nitrogen functional groups attached to an aromatic ring is 1. The predicted octanol–water partition coefficient (Wildman–Crippen LogP) is 3.87. The first kappa shape index (κ1) is 23.6. The summed E-state index contributed by atoms with van der Waals surface area (Å²) in [5.41, 5.74) is 12.0. The number of amides is 1. The van der Waals surface area contributed by atoms with E-state index < -0.39 is 0 Å². The van der Waals surface area contributed by atoms with Crippen molar-refractivity contribution in [2.75, 3.05) is 12.3 Å². The zero-order valence-electron chi connectivity index (χ0n) is 20.5. The number of H-pyrrole nitrogens is 2. The number of imidazole rings is 1. The molecule has 38 heavy (non-hydrogen) atoms. The highest BCUT2D eigenvalue weighted by Crippen LogP contribution is 2.35. The summed E-state index contributed by atoms with van der Waals surface area (Å²) in [6.45, 7) is 0.486. The van der Waals surface area contributed by atoms with Crippen molar-refractivity contribution in [3.05, 3.63) is 82.5 Å². The lowest BCUT2D eigenvalue weighted by Crippen LogP contribution is -2.24. The van der Waals surface area contributed by atoms with E-state index in [-0.39, 0.29) is 11.6 Å². The van der Waals surface area contributed by atoms with Crippen molar-refractivity contribution in [1.29, 1.82) is 0 Å². The maximum Gasteiger partial charge on any atom is 0.327 e. The van der Waals surface area contributed by atoms with E-state index in [1.54, 1.807) is 30.6 Å². The number of hydrogen-bond acceptors (Lipinski definition) is 7. The molecule has 0 spiro atoms. The van der Waals surface area contributed by atoms with Gasteiger partial charge in [0.1, 0.15) is 5.01 Å². The summed E-state index contributed by atoms with van der Waals surface area (Å²) in [6, 6.07) is 17.2. The van der Waals surface area contributed by atoms with Crippen LogP contribution >= 0.6 is 11.3 Å². The fourth-order valence-corrected chi connectivity index (χ4v) is 5.51. The average Bonchev–Trinajstić information content (AvgIpc) is 3.61. The van der Waals surface area contributed by atoms with E-state index >= 15 is 0 Å². The highest BCUT2D eigenvalue weighted by atomic mass is 32.1. The monoisotopic (exact) mass is 524 g/mol. The number of aromatic amines is 2. The molecule has 0 unspecified atom stereocenters. The van der Waals surface area contributed by atoms with E-state index in [4.69, 9.17) is 10.7 Å². The number of benzene rings is 2. The molecule has 0 saturated carbocycles. The summed E-state index contributed by atoms with van der Waals surface area (Å²) in [5.74, 6) is 0.262. The zero-order valence-corrected chi connectivity index (χ0v) is 21.3. The molecule has 6 rings (SSSR count). The van der Waals surface area contributed by atoms with Crippen LogP contribution in [0.1, 0.15) is 22.5 Å². The number of anilines is 1. The lowest BCUT2D eigenvalue weighted by atomic mass is 10.0. The number of aromatic nitrogens is 6. The van der Waals surface area contributed by atoms with E-state index in [1.807, 2.05) is 48.5 Å². The van der Waals surface area contributed by atoms with Crippen molar-refractivity contribution in [3.63, 3.8) is 0 Å². The Labute approximate surface area is 220 Å². The van der Waals surface area contributed by atoms with Gasteiger partial charge in [0.25, 0.3) is 5.91 Å². The molecule has 2 aromatic carbocycles. The van der Waals surface area contributed by atoms with Crippen LogP contribution in [-0.2, 0) is 13.5 Å². The summed E-state index contributed by atoms with van der Waals surface area (Å²) in [6.07, 6.45) is 3.05. The van der Waals surface area contributed by atoms with Gasteiger partial charge in [-0.3, -0.25) is 19.4 Å². The van der Waals surface area contributed by atoms with Crippen LogP contribution < -0.4 is 16.7 Å². The van der Waals surface area contributed by atoms with Gasteiger partial charge in [0, 0.05) is 36.6 Å². The molecular formula is C27H24N8O2S. The molecule has 190 valence electrons. The molecule has 0 atom stereocenters. The fraction of sp³-hybridized carbons (Fsp3) is 0.148. The number of nitrogens with two attached hydrogens (primary N) is 1. The molecule has 0 saturated heterocycles. The topological polar surface area (TPSA) is 147 Å². The Balaban J connectivity index is 1.12. The minimum atomic E-state index is -0.220. The number of para-hydroxylation sites is 1. The largest absolute Gasteiger partial charge is 0.382 e. The highest BCUT2D eigenvalue weighted by molar-refractivity contribution is 7.21. The van der Waals surface area contributed by atoms with Crippen LogP contribution in [0, 0.1) is 0 Å². The number of rotatable bonds is 7. The minimum absolute atomic E-state index is 0.162. The smallest absolute Gasteiger partial charge is 0.327 e. The molecule has 0 aliphatic heterocycles. The van der Waals surface area contributed by atoms with E-state index in [9.17, 15) is 9.59 Å². The van der Waals surface area contributed by atoms with Crippen molar-refractivity contribution in [2.45, 2.75) is 12.8 Å². The maximum atomic E-state index is 12.9. The molecule has 0 fully saturated rings. The van der Waals surface area contributed by atoms with Gasteiger partial charge in [-0.25, -0.2) is 14.8 Å². The second kappa shape index (κ2) is 9.60. The molecule has 1 amide bonds. The summed E-state index contributed by atoms with van der Waals surface area (Å²) in [4.78, 5) is 36.5. The van der Waals surface area contributed by atoms with Gasteiger partial charge in [0.2, 0.25) is 0 Å². The molecule has 0 bridgehead atoms. The Bertz CT molecular complexity index is 1830. The normalized spacial score (nSPS) is 11.4. The van der Waals surface area contributed by atoms with Gasteiger partial charge in [-0.05, 0) is 48.7 Å². The van der Waals surface area contributed by atoms with Crippen LogP contribution in [0.2, 0.25) is 0 Å². The number of carbonyl (C=O) groups is 1. The number of fused-ring (bicyclic) bond motifs is 2. The van der Waals surface area contributed by atoms with Crippen LogP contribution in [0.5, 0.6) is 0 Å². The summed E-state index contributed by atoms with van der Waals surface area (Å²) < 4.78 is 2.61. The van der Waals surface area contributed by atoms with Crippen molar-refractivity contribution in [2.24, 2.45) is 7.05 Å². The quantitative estimate of drug-likeness (QED) is 0.233. The first-order chi connectivity index (χ1) is 18.5. The molecule has 4 heterocycles. The van der Waals surface area contributed by atoms with Crippen molar-refractivity contribution >= 4 is 44.4 Å². The third-order valence-corrected chi connectivity index (χ3v) is 7.54. The Kier molecular flexibility index (Phi) is 5.97. The average molecular weight is 525 g/mol. The highest BCUT2D eigenvalue weighted by Gasteiger charge is 2.17. The van der Waals surface area contributed by atoms with Gasteiger partial charge < -0.3 is 11.1 Å². The van der Waals surface area contributed by atoms with Crippen LogP contribution in [0.3, 0.4) is 0 Å². The molecule has 4 aromatic heterocycles. The zero-order chi connectivity index (χ0) is 26.2. The van der Waals surface area contributed by atoms with Gasteiger partial charge in [-0.15, -0.1) is 11.3 Å². The number of carbonyl (C=O) groups excluding carboxylic acids is 1. The van der Waals surface area contributed by atoms with Crippen LogP contribution in [-0.4, -0.2) is 42.2 Å². The van der Waals surface area contributed by atoms with Gasteiger partial charge in [0.15, 0.2) is 11.5 Å². The van der Waals surface area contributed by atoms with Gasteiger partial charge >= 0.3 is 5.69 Å². The van der Waals surface area contributed by atoms with Crippen LogP contribution in [0.25, 0.3) is 43.1 Å². The molecule has 6 aromatic rings. The van der Waals surface area contributed by atoms with Crippen LogP contribution in [0.4, 0.5) is 5.82 Å². The first-order valence-corrected chi connectivity index (χ1v) is 12.9. The summed E-state index contributed by atoms with van der Waals surface area (Å²) in [7, 11) is 1.69. The molecular weight excluding hydrogens is 500 g/mol. The van der Waals surface area contributed by atoms with Gasteiger partial charge in [0.05, 0.1) is 21.3 Å². The van der Waals surface area contributed by atoms with Crippen LogP contribution in [0.15, 0.2) is 65.6 Å². The molecule has 0 aliphatic carbocycles. The summed E-state index contributed by atoms with van der Waals surface area (Å²) >= 11 is 1.58. The number of nitrogens with one attached hydrogen (secondary N) is 3. The lowest BCUT2D eigenvalue weighted by Gasteiger charge is -2.08. The van der Waals surface area contributed by atoms with Crippen molar-refractivity contribution in [3.8, 4) is 21.7 Å². The van der Waals surface area contributed by atoms with E-state index in [2.05, 4.69) is 25.5 Å². The predicted molar refractivity (Wildman–Crippen MR) is 149 cm³/mol.